The van der Waals surface area contributed by atoms with Crippen LogP contribution in [0, 0.1) is 0 Å². The van der Waals surface area contributed by atoms with Gasteiger partial charge in [0.1, 0.15) is 5.01 Å². The predicted molar refractivity (Wildman–Crippen MR) is 93.8 cm³/mol. The molecule has 0 saturated carbocycles. The molecule has 0 atom stereocenters. The van der Waals surface area contributed by atoms with Crippen molar-refractivity contribution in [2.24, 2.45) is 0 Å². The minimum absolute atomic E-state index is 0.225. The average Bonchev–Trinajstić information content (AvgIpc) is 3.33. The second-order valence-electron chi connectivity index (χ2n) is 5.55. The monoisotopic (exact) mass is 339 g/mol. The summed E-state index contributed by atoms with van der Waals surface area (Å²) < 4.78 is 3.76. The van der Waals surface area contributed by atoms with Gasteiger partial charge >= 0.3 is 0 Å². The molecular formula is C17H17N5OS. The van der Waals surface area contributed by atoms with E-state index < -0.39 is 0 Å². The van der Waals surface area contributed by atoms with Crippen molar-refractivity contribution in [1.29, 1.82) is 0 Å². The average molecular weight is 339 g/mol. The summed E-state index contributed by atoms with van der Waals surface area (Å²) in [5.74, 6) is 0. The second kappa shape index (κ2) is 6.54. The van der Waals surface area contributed by atoms with E-state index in [0.717, 1.165) is 46.7 Å². The third kappa shape index (κ3) is 2.83. The Bertz CT molecular complexity index is 955. The molecule has 0 bridgehead atoms. The van der Waals surface area contributed by atoms with E-state index in [4.69, 9.17) is 10.1 Å². The third-order valence-electron chi connectivity index (χ3n) is 3.89. The lowest BCUT2D eigenvalue weighted by Crippen LogP contribution is -1.98. The topological polar surface area (TPSA) is 68.2 Å². The Morgan fingerprint density at radius 3 is 3.00 bits per heavy atom. The zero-order valence-electron chi connectivity index (χ0n) is 13.0. The quantitative estimate of drug-likeness (QED) is 0.548. The molecule has 7 heteroatoms. The van der Waals surface area contributed by atoms with Gasteiger partial charge in [-0.05, 0) is 25.0 Å². The first-order chi connectivity index (χ1) is 11.8. The molecule has 0 aliphatic rings. The number of aromatic nitrogens is 5. The molecule has 0 unspecified atom stereocenters. The number of nitrogens with zero attached hydrogens (tertiary/aromatic N) is 5. The summed E-state index contributed by atoms with van der Waals surface area (Å²) in [7, 11) is 0. The fraction of sp³-hybridized carbons (Fsp3) is 0.235. The Hall–Kier alpha value is -2.51. The summed E-state index contributed by atoms with van der Waals surface area (Å²) in [5, 5.41) is 20.6. The molecule has 4 aromatic heterocycles. The molecule has 0 aliphatic carbocycles. The summed E-state index contributed by atoms with van der Waals surface area (Å²) in [6, 6.07) is 6.01. The zero-order valence-corrected chi connectivity index (χ0v) is 13.9. The smallest absolute Gasteiger partial charge is 0.127 e. The number of aliphatic hydroxyl groups is 1. The van der Waals surface area contributed by atoms with Gasteiger partial charge in [-0.3, -0.25) is 4.68 Å². The predicted octanol–water partition coefficient (Wildman–Crippen LogP) is 3.09. The van der Waals surface area contributed by atoms with E-state index in [9.17, 15) is 0 Å². The zero-order chi connectivity index (χ0) is 16.4. The highest BCUT2D eigenvalue weighted by Crippen LogP contribution is 2.31. The summed E-state index contributed by atoms with van der Waals surface area (Å²) in [6.45, 7) is 1.04. The largest absolute Gasteiger partial charge is 0.396 e. The fourth-order valence-electron chi connectivity index (χ4n) is 2.63. The normalized spacial score (nSPS) is 11.4. The minimum Gasteiger partial charge on any atom is -0.396 e. The molecule has 24 heavy (non-hydrogen) atoms. The van der Waals surface area contributed by atoms with E-state index in [-0.39, 0.29) is 6.61 Å². The number of aliphatic hydroxyl groups excluding tert-OH is 1. The van der Waals surface area contributed by atoms with Gasteiger partial charge in [0.2, 0.25) is 0 Å². The van der Waals surface area contributed by atoms with Crippen LogP contribution in [0.1, 0.15) is 12.8 Å². The number of rotatable bonds is 6. The molecule has 0 aliphatic heterocycles. The van der Waals surface area contributed by atoms with Gasteiger partial charge in [0.25, 0.3) is 0 Å². The Balaban J connectivity index is 1.59. The number of hydrogen-bond acceptors (Lipinski definition) is 5. The lowest BCUT2D eigenvalue weighted by molar-refractivity contribution is 0.280. The van der Waals surface area contributed by atoms with Crippen molar-refractivity contribution in [3.05, 3.63) is 48.4 Å². The van der Waals surface area contributed by atoms with E-state index in [0.29, 0.717) is 0 Å². The molecule has 4 rings (SSSR count). The van der Waals surface area contributed by atoms with Crippen LogP contribution in [0.5, 0.6) is 0 Å². The SMILES string of the molecule is OCCCCn1cc(-c2csc(-c3cnn4ccccc34)n2)cn1. The van der Waals surface area contributed by atoms with Crippen LogP contribution < -0.4 is 0 Å². The molecule has 6 nitrogen and oxygen atoms in total. The van der Waals surface area contributed by atoms with Gasteiger partial charge in [0, 0.05) is 36.5 Å². The van der Waals surface area contributed by atoms with Gasteiger partial charge < -0.3 is 5.11 Å². The Morgan fingerprint density at radius 1 is 1.12 bits per heavy atom. The van der Waals surface area contributed by atoms with Crippen LogP contribution in [0.15, 0.2) is 48.4 Å². The van der Waals surface area contributed by atoms with Crippen molar-refractivity contribution >= 4 is 16.9 Å². The van der Waals surface area contributed by atoms with Crippen LogP contribution in [-0.2, 0) is 6.54 Å². The second-order valence-corrected chi connectivity index (χ2v) is 6.41. The molecule has 0 amide bonds. The Morgan fingerprint density at radius 2 is 2.08 bits per heavy atom. The molecule has 4 heterocycles. The molecule has 0 fully saturated rings. The highest BCUT2D eigenvalue weighted by atomic mass is 32.1. The molecule has 0 aromatic carbocycles. The van der Waals surface area contributed by atoms with Crippen LogP contribution in [0.25, 0.3) is 27.3 Å². The summed E-state index contributed by atoms with van der Waals surface area (Å²) in [5.41, 5.74) is 4.04. The third-order valence-corrected chi connectivity index (χ3v) is 4.76. The first-order valence-corrected chi connectivity index (χ1v) is 8.75. The number of unbranched alkanes of at least 4 members (excludes halogenated alkanes) is 1. The van der Waals surface area contributed by atoms with E-state index in [2.05, 4.69) is 15.6 Å². The lowest BCUT2D eigenvalue weighted by atomic mass is 10.2. The van der Waals surface area contributed by atoms with Crippen LogP contribution in [-0.4, -0.2) is 36.1 Å². The summed E-state index contributed by atoms with van der Waals surface area (Å²) in [6.07, 6.45) is 9.35. The highest BCUT2D eigenvalue weighted by Gasteiger charge is 2.12. The van der Waals surface area contributed by atoms with Crippen molar-refractivity contribution in [3.8, 4) is 21.8 Å². The molecule has 4 aromatic rings. The van der Waals surface area contributed by atoms with E-state index >= 15 is 0 Å². The van der Waals surface area contributed by atoms with Crippen molar-refractivity contribution in [2.75, 3.05) is 6.61 Å². The molecule has 0 radical (unpaired) electrons. The summed E-state index contributed by atoms with van der Waals surface area (Å²) in [4.78, 5) is 4.75. The van der Waals surface area contributed by atoms with Crippen molar-refractivity contribution in [1.82, 2.24) is 24.4 Å². The molecular weight excluding hydrogens is 322 g/mol. The number of pyridine rings is 1. The number of thiazole rings is 1. The van der Waals surface area contributed by atoms with Gasteiger partial charge in [-0.2, -0.15) is 10.2 Å². The van der Waals surface area contributed by atoms with Gasteiger partial charge in [0.15, 0.2) is 0 Å². The Labute approximate surface area is 143 Å². The number of fused-ring (bicyclic) bond motifs is 1. The lowest BCUT2D eigenvalue weighted by Gasteiger charge is -1.98. The van der Waals surface area contributed by atoms with Gasteiger partial charge in [0.05, 0.1) is 29.2 Å². The Kier molecular flexibility index (Phi) is 4.10. The van der Waals surface area contributed by atoms with Crippen LogP contribution in [0.2, 0.25) is 0 Å². The highest BCUT2D eigenvalue weighted by molar-refractivity contribution is 7.13. The minimum atomic E-state index is 0.225. The standard InChI is InChI=1S/C17H17N5OS/c23-8-4-3-6-21-11-13(9-18-21)15-12-24-17(20-15)14-10-19-22-7-2-1-5-16(14)22/h1-2,5,7,9-12,23H,3-4,6,8H2. The van der Waals surface area contributed by atoms with E-state index in [1.54, 1.807) is 11.3 Å². The number of aryl methyl sites for hydroxylation is 1. The van der Waals surface area contributed by atoms with Gasteiger partial charge in [-0.1, -0.05) is 6.07 Å². The molecule has 0 saturated heterocycles. The molecule has 0 spiro atoms. The maximum atomic E-state index is 8.85. The first kappa shape index (κ1) is 15.0. The van der Waals surface area contributed by atoms with Crippen LogP contribution >= 0.6 is 11.3 Å². The van der Waals surface area contributed by atoms with Crippen molar-refractivity contribution in [3.63, 3.8) is 0 Å². The fourth-order valence-corrected chi connectivity index (χ4v) is 3.48. The maximum absolute atomic E-state index is 8.85. The number of hydrogen-bond donors (Lipinski definition) is 1. The maximum Gasteiger partial charge on any atom is 0.127 e. The van der Waals surface area contributed by atoms with Crippen molar-refractivity contribution in [2.45, 2.75) is 19.4 Å². The van der Waals surface area contributed by atoms with E-state index in [1.165, 1.54) is 0 Å². The van der Waals surface area contributed by atoms with Crippen LogP contribution in [0.3, 0.4) is 0 Å². The van der Waals surface area contributed by atoms with Gasteiger partial charge in [-0.25, -0.2) is 9.50 Å². The van der Waals surface area contributed by atoms with Gasteiger partial charge in [-0.15, -0.1) is 11.3 Å². The van der Waals surface area contributed by atoms with Crippen LogP contribution in [0.4, 0.5) is 0 Å². The van der Waals surface area contributed by atoms with E-state index in [1.807, 2.05) is 52.2 Å². The molecule has 122 valence electrons. The summed E-state index contributed by atoms with van der Waals surface area (Å²) >= 11 is 1.61. The van der Waals surface area contributed by atoms with Crippen molar-refractivity contribution < 1.29 is 5.11 Å². The first-order valence-electron chi connectivity index (χ1n) is 7.87. The molecule has 1 N–H and O–H groups in total.